The quantitative estimate of drug-likeness (QED) is 0.244. The number of unbranched alkanes of at least 4 members (excludes halogenated alkanes) is 3. The fourth-order valence-electron chi connectivity index (χ4n) is 3.67. The van der Waals surface area contributed by atoms with Gasteiger partial charge in [0.1, 0.15) is 5.75 Å². The first kappa shape index (κ1) is 24.6. The van der Waals surface area contributed by atoms with Crippen LogP contribution in [0.3, 0.4) is 0 Å². The van der Waals surface area contributed by atoms with Gasteiger partial charge in [-0.15, -0.1) is 5.06 Å². The van der Waals surface area contributed by atoms with Crippen LogP contribution in [0.2, 0.25) is 0 Å². The van der Waals surface area contributed by atoms with Gasteiger partial charge < -0.3 is 9.94 Å². The second-order valence-corrected chi connectivity index (χ2v) is 7.80. The van der Waals surface area contributed by atoms with Crippen molar-refractivity contribution in [3.8, 4) is 5.75 Å². The molecule has 168 valence electrons. The molecule has 5 heteroatoms. The zero-order valence-corrected chi connectivity index (χ0v) is 19.0. The molecule has 2 aromatic carbocycles. The third kappa shape index (κ3) is 6.93. The molecule has 31 heavy (non-hydrogen) atoms. The predicted octanol–water partition coefficient (Wildman–Crippen LogP) is 5.94. The van der Waals surface area contributed by atoms with Crippen LogP contribution < -0.4 is 0 Å². The van der Waals surface area contributed by atoms with Crippen LogP contribution in [0.4, 0.5) is 0 Å². The van der Waals surface area contributed by atoms with E-state index in [4.69, 9.17) is 4.84 Å². The van der Waals surface area contributed by atoms with Crippen molar-refractivity contribution in [3.05, 3.63) is 64.7 Å². The van der Waals surface area contributed by atoms with E-state index in [2.05, 4.69) is 6.92 Å². The average Bonchev–Trinajstić information content (AvgIpc) is 2.77. The van der Waals surface area contributed by atoms with E-state index in [0.29, 0.717) is 36.2 Å². The fourth-order valence-corrected chi connectivity index (χ4v) is 3.67. The van der Waals surface area contributed by atoms with Crippen LogP contribution in [-0.4, -0.2) is 35.0 Å². The fraction of sp³-hybridized carbons (Fsp3) is 0.462. The number of nitrogens with zero attached hydrogens (tertiary/aromatic N) is 1. The van der Waals surface area contributed by atoms with E-state index < -0.39 is 5.97 Å². The SMILES string of the molecule is CCCCCCc1c(C(=O)ON(CCC)CCC)cccc1C(=O)c1ccccc1O. The molecule has 0 atom stereocenters. The lowest BCUT2D eigenvalue weighted by atomic mass is 9.91. The van der Waals surface area contributed by atoms with Crippen LogP contribution in [0.5, 0.6) is 5.75 Å². The zero-order valence-electron chi connectivity index (χ0n) is 19.0. The molecule has 0 heterocycles. The summed E-state index contributed by atoms with van der Waals surface area (Å²) in [7, 11) is 0. The van der Waals surface area contributed by atoms with Gasteiger partial charge in [0.25, 0.3) is 0 Å². The van der Waals surface area contributed by atoms with E-state index in [1.54, 1.807) is 41.5 Å². The molecule has 2 aromatic rings. The molecule has 0 fully saturated rings. The molecule has 0 aliphatic carbocycles. The van der Waals surface area contributed by atoms with Crippen molar-refractivity contribution in [2.24, 2.45) is 0 Å². The summed E-state index contributed by atoms with van der Waals surface area (Å²) in [5.41, 5.74) is 1.81. The third-order valence-corrected chi connectivity index (χ3v) is 5.23. The predicted molar refractivity (Wildman–Crippen MR) is 123 cm³/mol. The molecular formula is C26H35NO4. The van der Waals surface area contributed by atoms with Gasteiger partial charge in [-0.2, -0.15) is 0 Å². The van der Waals surface area contributed by atoms with Crippen LogP contribution in [0.1, 0.15) is 91.1 Å². The van der Waals surface area contributed by atoms with Gasteiger partial charge in [0.05, 0.1) is 11.1 Å². The summed E-state index contributed by atoms with van der Waals surface area (Å²) < 4.78 is 0. The van der Waals surface area contributed by atoms with E-state index in [-0.39, 0.29) is 17.1 Å². The van der Waals surface area contributed by atoms with E-state index >= 15 is 0 Å². The van der Waals surface area contributed by atoms with E-state index in [0.717, 1.165) is 38.5 Å². The standard InChI is InChI=1S/C26H35NO4/c1-4-7-8-9-13-20-21(25(29)23-14-10-11-17-24(23)28)15-12-16-22(20)26(30)31-27(18-5-2)19-6-3/h10-12,14-17,28H,4-9,13,18-19H2,1-3H3. The number of rotatable bonds is 13. The number of ketones is 1. The summed E-state index contributed by atoms with van der Waals surface area (Å²) in [6.45, 7) is 7.57. The molecule has 0 aliphatic heterocycles. The number of hydroxylamine groups is 2. The van der Waals surface area contributed by atoms with Crippen LogP contribution >= 0.6 is 0 Å². The number of phenols is 1. The summed E-state index contributed by atoms with van der Waals surface area (Å²) in [5.74, 6) is -0.772. The molecule has 5 nitrogen and oxygen atoms in total. The number of carbonyl (C=O) groups is 2. The van der Waals surface area contributed by atoms with Crippen molar-refractivity contribution in [1.82, 2.24) is 5.06 Å². The number of hydrogen-bond donors (Lipinski definition) is 1. The molecule has 0 aromatic heterocycles. The van der Waals surface area contributed by atoms with E-state index in [1.807, 2.05) is 13.8 Å². The zero-order chi connectivity index (χ0) is 22.6. The number of hydrogen-bond acceptors (Lipinski definition) is 5. The second-order valence-electron chi connectivity index (χ2n) is 7.80. The Morgan fingerprint density at radius 1 is 0.806 bits per heavy atom. The highest BCUT2D eigenvalue weighted by Crippen LogP contribution is 2.26. The third-order valence-electron chi connectivity index (χ3n) is 5.23. The number of aromatic hydroxyl groups is 1. The molecule has 0 amide bonds. The maximum atomic E-state index is 13.3. The van der Waals surface area contributed by atoms with Gasteiger partial charge in [-0.1, -0.05) is 64.3 Å². The molecule has 0 radical (unpaired) electrons. The number of carbonyl (C=O) groups excluding carboxylic acids is 2. The summed E-state index contributed by atoms with van der Waals surface area (Å²) >= 11 is 0. The van der Waals surface area contributed by atoms with Crippen molar-refractivity contribution < 1.29 is 19.5 Å². The molecule has 2 rings (SSSR count). The Morgan fingerprint density at radius 2 is 1.45 bits per heavy atom. The molecule has 0 saturated heterocycles. The maximum absolute atomic E-state index is 13.3. The molecule has 0 aliphatic rings. The molecule has 0 spiro atoms. The maximum Gasteiger partial charge on any atom is 0.357 e. The Labute approximate surface area is 186 Å². The van der Waals surface area contributed by atoms with Crippen LogP contribution in [0, 0.1) is 0 Å². The smallest absolute Gasteiger partial charge is 0.357 e. The monoisotopic (exact) mass is 425 g/mol. The van der Waals surface area contributed by atoms with Crippen molar-refractivity contribution in [3.63, 3.8) is 0 Å². The van der Waals surface area contributed by atoms with Crippen molar-refractivity contribution >= 4 is 11.8 Å². The van der Waals surface area contributed by atoms with E-state index in [9.17, 15) is 14.7 Å². The number of phenolic OH excluding ortho intramolecular Hbond substituents is 1. The average molecular weight is 426 g/mol. The summed E-state index contributed by atoms with van der Waals surface area (Å²) in [5, 5.41) is 11.9. The van der Waals surface area contributed by atoms with Gasteiger partial charge in [0.2, 0.25) is 0 Å². The summed E-state index contributed by atoms with van der Waals surface area (Å²) in [4.78, 5) is 32.0. The topological polar surface area (TPSA) is 66.8 Å². The largest absolute Gasteiger partial charge is 0.507 e. The highest BCUT2D eigenvalue weighted by atomic mass is 16.7. The number of para-hydroxylation sites is 1. The van der Waals surface area contributed by atoms with Gasteiger partial charge in [-0.3, -0.25) is 4.79 Å². The van der Waals surface area contributed by atoms with Crippen LogP contribution in [0.15, 0.2) is 42.5 Å². The molecule has 0 saturated carbocycles. The minimum atomic E-state index is -0.431. The van der Waals surface area contributed by atoms with Crippen LogP contribution in [-0.2, 0) is 11.3 Å². The molecule has 1 N–H and O–H groups in total. The normalized spacial score (nSPS) is 11.0. The van der Waals surface area contributed by atoms with Gasteiger partial charge in [0, 0.05) is 18.7 Å². The Morgan fingerprint density at radius 3 is 2.10 bits per heavy atom. The first-order valence-electron chi connectivity index (χ1n) is 11.4. The van der Waals surface area contributed by atoms with E-state index in [1.165, 1.54) is 6.07 Å². The highest BCUT2D eigenvalue weighted by Gasteiger charge is 2.23. The lowest BCUT2D eigenvalue weighted by Crippen LogP contribution is -2.29. The lowest BCUT2D eigenvalue weighted by Gasteiger charge is -2.21. The van der Waals surface area contributed by atoms with Gasteiger partial charge >= 0.3 is 5.97 Å². The van der Waals surface area contributed by atoms with Crippen LogP contribution in [0.25, 0.3) is 0 Å². The minimum Gasteiger partial charge on any atom is -0.507 e. The minimum absolute atomic E-state index is 0.0607. The first-order valence-corrected chi connectivity index (χ1v) is 11.4. The summed E-state index contributed by atoms with van der Waals surface area (Å²) in [6, 6.07) is 11.7. The van der Waals surface area contributed by atoms with Crippen molar-refractivity contribution in [2.45, 2.75) is 65.7 Å². The lowest BCUT2D eigenvalue weighted by molar-refractivity contribution is -0.109. The van der Waals surface area contributed by atoms with Gasteiger partial charge in [0.15, 0.2) is 5.78 Å². The van der Waals surface area contributed by atoms with Gasteiger partial charge in [-0.05, 0) is 49.4 Å². The Kier molecular flexibility index (Phi) is 10.2. The Balaban J connectivity index is 2.40. The Bertz CT molecular complexity index is 856. The number of benzene rings is 2. The highest BCUT2D eigenvalue weighted by molar-refractivity contribution is 6.12. The molecular weight excluding hydrogens is 390 g/mol. The molecule has 0 unspecified atom stereocenters. The molecule has 0 bridgehead atoms. The Hall–Kier alpha value is -2.66. The van der Waals surface area contributed by atoms with Crippen molar-refractivity contribution in [2.75, 3.05) is 13.1 Å². The summed E-state index contributed by atoms with van der Waals surface area (Å²) in [6.07, 6.45) is 6.49. The first-order chi connectivity index (χ1) is 15.0. The second kappa shape index (κ2) is 12.9. The van der Waals surface area contributed by atoms with Crippen molar-refractivity contribution in [1.29, 1.82) is 0 Å². The van der Waals surface area contributed by atoms with Gasteiger partial charge in [-0.25, -0.2) is 4.79 Å².